The largest absolute Gasteiger partial charge is 0.478 e. The summed E-state index contributed by atoms with van der Waals surface area (Å²) < 4.78 is 0. The number of carboxylic acid groups (broad SMARTS) is 2. The third kappa shape index (κ3) is 5.23. The van der Waals surface area contributed by atoms with Crippen LogP contribution in [0.25, 0.3) is 11.1 Å². The van der Waals surface area contributed by atoms with Crippen molar-refractivity contribution in [2.75, 3.05) is 5.32 Å². The van der Waals surface area contributed by atoms with Gasteiger partial charge in [-0.2, -0.15) is 0 Å². The second-order valence-electron chi connectivity index (χ2n) is 7.00. The molecule has 0 aliphatic carbocycles. The number of nitro benzene ring substituents is 1. The van der Waals surface area contributed by atoms with E-state index in [4.69, 9.17) is 5.73 Å². The highest BCUT2D eigenvalue weighted by molar-refractivity contribution is 6.09. The Balaban J connectivity index is 2.63. The van der Waals surface area contributed by atoms with E-state index in [1.807, 2.05) is 6.92 Å². The number of hydrogen-bond donors (Lipinski definition) is 4. The van der Waals surface area contributed by atoms with Gasteiger partial charge in [-0.1, -0.05) is 19.8 Å². The van der Waals surface area contributed by atoms with Gasteiger partial charge in [-0.25, -0.2) is 9.59 Å². The maximum atomic E-state index is 12.4. The monoisotopic (exact) mass is 429 g/mol. The van der Waals surface area contributed by atoms with Crippen LogP contribution in [0.4, 0.5) is 11.4 Å². The van der Waals surface area contributed by atoms with Gasteiger partial charge in [0, 0.05) is 23.4 Å². The van der Waals surface area contributed by atoms with Crippen LogP contribution in [0.15, 0.2) is 30.3 Å². The molecule has 0 aliphatic heterocycles. The van der Waals surface area contributed by atoms with E-state index < -0.39 is 28.8 Å². The Hall–Kier alpha value is -3.79. The molecule has 1 amide bonds. The molecule has 2 aromatic rings. The van der Waals surface area contributed by atoms with Gasteiger partial charge < -0.3 is 21.3 Å². The maximum Gasteiger partial charge on any atom is 0.336 e. The van der Waals surface area contributed by atoms with Crippen molar-refractivity contribution in [1.82, 2.24) is 0 Å². The smallest absolute Gasteiger partial charge is 0.336 e. The first-order valence-electron chi connectivity index (χ1n) is 9.53. The number of carbonyl (C=O) groups is 3. The first-order valence-corrected chi connectivity index (χ1v) is 9.53. The number of carbonyl (C=O) groups excluding carboxylic acids is 1. The number of rotatable bonds is 9. The number of non-ortho nitro benzene ring substituents is 1. The molecule has 10 heteroatoms. The van der Waals surface area contributed by atoms with Gasteiger partial charge in [-0.15, -0.1) is 0 Å². The van der Waals surface area contributed by atoms with Crippen molar-refractivity contribution in [2.45, 2.75) is 39.2 Å². The standard InChI is InChI=1S/C21H23N3O7/c1-3-4-5-15(22)19(25)23-16-10-14(20(26)27)18(17(11(16)2)21(28)29)12-6-8-13(9-7-12)24(30)31/h6-10,15H,3-5,22H2,1-2H3,(H,23,25)(H,26,27)(H,28,29). The molecule has 0 saturated carbocycles. The van der Waals surface area contributed by atoms with Crippen LogP contribution in [-0.4, -0.2) is 39.0 Å². The lowest BCUT2D eigenvalue weighted by Gasteiger charge is -2.19. The molecule has 0 aromatic heterocycles. The normalized spacial score (nSPS) is 11.6. The van der Waals surface area contributed by atoms with E-state index in [1.165, 1.54) is 25.1 Å². The molecule has 10 nitrogen and oxygen atoms in total. The minimum atomic E-state index is -1.42. The van der Waals surface area contributed by atoms with E-state index >= 15 is 0 Å². The number of carboxylic acids is 2. The molecule has 2 rings (SSSR count). The van der Waals surface area contributed by atoms with Gasteiger partial charge in [0.15, 0.2) is 0 Å². The molecule has 1 atom stereocenters. The summed E-state index contributed by atoms with van der Waals surface area (Å²) in [6.45, 7) is 3.39. The summed E-state index contributed by atoms with van der Waals surface area (Å²) in [7, 11) is 0. The van der Waals surface area contributed by atoms with Crippen LogP contribution in [0, 0.1) is 17.0 Å². The van der Waals surface area contributed by atoms with Crippen molar-refractivity contribution >= 4 is 29.2 Å². The lowest BCUT2D eigenvalue weighted by Crippen LogP contribution is -2.35. The predicted octanol–water partition coefficient (Wildman–Crippen LogP) is 3.42. The highest BCUT2D eigenvalue weighted by Gasteiger charge is 2.26. The Morgan fingerprint density at radius 2 is 1.77 bits per heavy atom. The van der Waals surface area contributed by atoms with Crippen LogP contribution in [-0.2, 0) is 4.79 Å². The topological polar surface area (TPSA) is 173 Å². The Morgan fingerprint density at radius 1 is 1.16 bits per heavy atom. The fourth-order valence-electron chi connectivity index (χ4n) is 3.18. The van der Waals surface area contributed by atoms with E-state index in [-0.39, 0.29) is 39.2 Å². The molecule has 0 heterocycles. The number of aromatic carboxylic acids is 2. The number of nitrogens with two attached hydrogens (primary N) is 1. The van der Waals surface area contributed by atoms with Crippen molar-refractivity contribution in [1.29, 1.82) is 0 Å². The van der Waals surface area contributed by atoms with Gasteiger partial charge in [-0.05, 0) is 42.7 Å². The molecule has 164 valence electrons. The van der Waals surface area contributed by atoms with Crippen LogP contribution >= 0.6 is 0 Å². The van der Waals surface area contributed by atoms with Gasteiger partial charge in [0.05, 0.1) is 22.1 Å². The second-order valence-corrected chi connectivity index (χ2v) is 7.00. The van der Waals surface area contributed by atoms with Crippen molar-refractivity contribution in [3.05, 3.63) is 57.1 Å². The zero-order valence-corrected chi connectivity index (χ0v) is 17.0. The molecule has 0 radical (unpaired) electrons. The zero-order valence-electron chi connectivity index (χ0n) is 17.0. The predicted molar refractivity (Wildman–Crippen MR) is 113 cm³/mol. The average Bonchev–Trinajstić information content (AvgIpc) is 2.72. The van der Waals surface area contributed by atoms with Crippen LogP contribution in [0.5, 0.6) is 0 Å². The number of anilines is 1. The highest BCUT2D eigenvalue weighted by Crippen LogP contribution is 2.35. The summed E-state index contributed by atoms with van der Waals surface area (Å²) in [4.78, 5) is 46.6. The lowest BCUT2D eigenvalue weighted by atomic mass is 9.89. The third-order valence-corrected chi connectivity index (χ3v) is 4.86. The summed E-state index contributed by atoms with van der Waals surface area (Å²) in [5.41, 5.74) is 5.18. The van der Waals surface area contributed by atoms with Crippen LogP contribution in [0.3, 0.4) is 0 Å². The van der Waals surface area contributed by atoms with E-state index in [9.17, 15) is 34.7 Å². The third-order valence-electron chi connectivity index (χ3n) is 4.86. The zero-order chi connectivity index (χ0) is 23.3. The lowest BCUT2D eigenvalue weighted by molar-refractivity contribution is -0.384. The quantitative estimate of drug-likeness (QED) is 0.346. The number of unbranched alkanes of at least 4 members (excludes halogenated alkanes) is 1. The number of amides is 1. The minimum Gasteiger partial charge on any atom is -0.478 e. The van der Waals surface area contributed by atoms with Crippen LogP contribution in [0.1, 0.15) is 52.5 Å². The van der Waals surface area contributed by atoms with Gasteiger partial charge in [0.25, 0.3) is 5.69 Å². The van der Waals surface area contributed by atoms with Crippen molar-refractivity contribution < 1.29 is 29.5 Å². The summed E-state index contributed by atoms with van der Waals surface area (Å²) in [6, 6.07) is 5.23. The summed E-state index contributed by atoms with van der Waals surface area (Å²) in [5, 5.41) is 32.9. The second kappa shape index (κ2) is 9.81. The molecular formula is C21H23N3O7. The van der Waals surface area contributed by atoms with E-state index in [2.05, 4.69) is 5.32 Å². The summed E-state index contributed by atoms with van der Waals surface area (Å²) >= 11 is 0. The number of benzene rings is 2. The van der Waals surface area contributed by atoms with E-state index in [1.54, 1.807) is 0 Å². The number of nitrogens with one attached hydrogen (secondary N) is 1. The van der Waals surface area contributed by atoms with Gasteiger partial charge in [0.1, 0.15) is 0 Å². The molecule has 0 spiro atoms. The molecule has 2 aromatic carbocycles. The Morgan fingerprint density at radius 3 is 2.26 bits per heavy atom. The first kappa shape index (κ1) is 23.5. The fourth-order valence-corrected chi connectivity index (χ4v) is 3.18. The van der Waals surface area contributed by atoms with Crippen LogP contribution in [0.2, 0.25) is 0 Å². The number of nitrogens with zero attached hydrogens (tertiary/aromatic N) is 1. The Kier molecular flexibility index (Phi) is 7.43. The molecule has 0 saturated heterocycles. The van der Waals surface area contributed by atoms with Crippen molar-refractivity contribution in [2.24, 2.45) is 5.73 Å². The molecular weight excluding hydrogens is 406 g/mol. The van der Waals surface area contributed by atoms with Gasteiger partial charge in [-0.3, -0.25) is 14.9 Å². The van der Waals surface area contributed by atoms with Gasteiger partial charge >= 0.3 is 11.9 Å². The first-order chi connectivity index (χ1) is 14.6. The molecule has 31 heavy (non-hydrogen) atoms. The molecule has 0 aliphatic rings. The minimum absolute atomic E-state index is 0.0254. The molecule has 5 N–H and O–H groups in total. The number of hydrogen-bond acceptors (Lipinski definition) is 6. The summed E-state index contributed by atoms with van der Waals surface area (Å²) in [5.74, 6) is -3.37. The van der Waals surface area contributed by atoms with E-state index in [0.717, 1.165) is 25.0 Å². The van der Waals surface area contributed by atoms with Crippen molar-refractivity contribution in [3.63, 3.8) is 0 Å². The molecule has 0 bridgehead atoms. The maximum absolute atomic E-state index is 12.4. The highest BCUT2D eigenvalue weighted by atomic mass is 16.6. The Bertz CT molecular complexity index is 1030. The Labute approximate surface area is 177 Å². The van der Waals surface area contributed by atoms with E-state index in [0.29, 0.717) is 6.42 Å². The van der Waals surface area contributed by atoms with Crippen molar-refractivity contribution in [3.8, 4) is 11.1 Å². The summed E-state index contributed by atoms with van der Waals surface area (Å²) in [6.07, 6.45) is 2.00. The van der Waals surface area contributed by atoms with Gasteiger partial charge in [0.2, 0.25) is 5.91 Å². The fraction of sp³-hybridized carbons (Fsp3) is 0.286. The molecule has 1 unspecified atom stereocenters. The number of nitro groups is 1. The average molecular weight is 429 g/mol. The SMILES string of the molecule is CCCCC(N)C(=O)Nc1cc(C(=O)O)c(-c2ccc([N+](=O)[O-])cc2)c(C(=O)O)c1C. The molecule has 0 fully saturated rings. The van der Waals surface area contributed by atoms with Crippen LogP contribution < -0.4 is 11.1 Å².